The average Bonchev–Trinajstić information content (AvgIpc) is 3.16. The molecule has 0 aromatic heterocycles. The van der Waals surface area contributed by atoms with Crippen LogP contribution in [0.4, 0.5) is 13.2 Å². The molecule has 0 bridgehead atoms. The minimum atomic E-state index is -4.10. The zero-order chi connectivity index (χ0) is 16.3. The Balaban J connectivity index is 1.56. The molecule has 0 aromatic carbocycles. The topological polar surface area (TPSA) is 32.3 Å². The summed E-state index contributed by atoms with van der Waals surface area (Å²) in [5.41, 5.74) is -0.980. The van der Waals surface area contributed by atoms with Gasteiger partial charge in [0, 0.05) is 6.54 Å². The highest BCUT2D eigenvalue weighted by Gasteiger charge is 2.61. The largest absolute Gasteiger partial charge is 0.391 e. The molecular weight excluding hydrogens is 305 g/mol. The second-order valence-corrected chi connectivity index (χ2v) is 8.12. The van der Waals surface area contributed by atoms with Crippen molar-refractivity contribution in [2.75, 3.05) is 6.54 Å². The van der Waals surface area contributed by atoms with Crippen molar-refractivity contribution >= 4 is 5.91 Å². The number of amides is 1. The minimum Gasteiger partial charge on any atom is -0.323 e. The number of hydrogen-bond acceptors (Lipinski definition) is 2. The normalized spacial score (nSPS) is 37.3. The van der Waals surface area contributed by atoms with E-state index in [1.807, 2.05) is 4.90 Å². The van der Waals surface area contributed by atoms with E-state index in [0.717, 1.165) is 45.1 Å². The van der Waals surface area contributed by atoms with E-state index in [2.05, 4.69) is 5.32 Å². The lowest BCUT2D eigenvalue weighted by molar-refractivity contribution is -0.188. The van der Waals surface area contributed by atoms with Gasteiger partial charge in [-0.3, -0.25) is 10.1 Å². The molecule has 0 atom stereocenters. The first-order valence-electron chi connectivity index (χ1n) is 9.03. The monoisotopic (exact) mass is 330 g/mol. The van der Waals surface area contributed by atoms with E-state index in [1.165, 1.54) is 0 Å². The third kappa shape index (κ3) is 2.57. The van der Waals surface area contributed by atoms with Gasteiger partial charge in [-0.25, -0.2) is 0 Å². The Kier molecular flexibility index (Phi) is 3.49. The fourth-order valence-electron chi connectivity index (χ4n) is 4.97. The molecule has 1 saturated heterocycles. The highest BCUT2D eigenvalue weighted by atomic mass is 19.4. The molecular formula is C17H25F3N2O. The number of nitrogens with zero attached hydrogens (tertiary/aromatic N) is 1. The summed E-state index contributed by atoms with van der Waals surface area (Å²) in [4.78, 5) is 15.0. The molecule has 3 saturated carbocycles. The molecule has 0 radical (unpaired) electrons. The summed E-state index contributed by atoms with van der Waals surface area (Å²) in [6.45, 7) is 0.740. The molecule has 2 spiro atoms. The van der Waals surface area contributed by atoms with Gasteiger partial charge in [-0.05, 0) is 57.3 Å². The fourth-order valence-corrected chi connectivity index (χ4v) is 4.97. The molecule has 0 aromatic rings. The molecule has 130 valence electrons. The number of nitrogens with one attached hydrogen (secondary N) is 1. The van der Waals surface area contributed by atoms with E-state index in [9.17, 15) is 18.0 Å². The lowest BCUT2D eigenvalue weighted by Gasteiger charge is -2.44. The molecule has 3 nitrogen and oxygen atoms in total. The van der Waals surface area contributed by atoms with Crippen molar-refractivity contribution in [2.24, 2.45) is 11.8 Å². The van der Waals surface area contributed by atoms with Crippen molar-refractivity contribution in [3.8, 4) is 0 Å². The summed E-state index contributed by atoms with van der Waals surface area (Å²) < 4.78 is 39.0. The van der Waals surface area contributed by atoms with Crippen molar-refractivity contribution in [1.29, 1.82) is 0 Å². The van der Waals surface area contributed by atoms with E-state index in [1.54, 1.807) is 0 Å². The van der Waals surface area contributed by atoms with Crippen LogP contribution in [-0.4, -0.2) is 34.7 Å². The number of alkyl halides is 3. The van der Waals surface area contributed by atoms with Gasteiger partial charge < -0.3 is 4.90 Å². The Morgan fingerprint density at radius 2 is 1.65 bits per heavy atom. The first kappa shape index (κ1) is 15.7. The Bertz CT molecular complexity index is 487. The maximum absolute atomic E-state index is 13.1. The predicted octanol–water partition coefficient (Wildman–Crippen LogP) is 3.59. The summed E-state index contributed by atoms with van der Waals surface area (Å²) in [5.74, 6) is -0.463. The maximum atomic E-state index is 13.1. The zero-order valence-corrected chi connectivity index (χ0v) is 13.4. The van der Waals surface area contributed by atoms with Crippen LogP contribution in [0.1, 0.15) is 64.2 Å². The quantitative estimate of drug-likeness (QED) is 0.839. The Labute approximate surface area is 135 Å². The molecule has 3 aliphatic carbocycles. The SMILES string of the molecule is O=C1N(CC2CC2)C2(CCC(C(F)(F)F)CC2)NC12CCCC2. The highest BCUT2D eigenvalue weighted by molar-refractivity contribution is 5.90. The molecule has 1 N–H and O–H groups in total. The number of hydrogen-bond donors (Lipinski definition) is 1. The van der Waals surface area contributed by atoms with Crippen LogP contribution in [0.15, 0.2) is 0 Å². The molecule has 1 heterocycles. The van der Waals surface area contributed by atoms with Crippen LogP contribution in [0.5, 0.6) is 0 Å². The standard InChI is InChI=1S/C17H25F3N2O/c18-17(19,20)13-5-9-16(10-6-13)21-15(7-1-2-8-15)14(23)22(16)11-12-3-4-12/h12-13,21H,1-11H2. The Hall–Kier alpha value is -0.780. The summed E-state index contributed by atoms with van der Waals surface area (Å²) in [7, 11) is 0. The highest BCUT2D eigenvalue weighted by Crippen LogP contribution is 2.50. The van der Waals surface area contributed by atoms with Crippen LogP contribution in [0.2, 0.25) is 0 Å². The smallest absolute Gasteiger partial charge is 0.323 e. The van der Waals surface area contributed by atoms with Crippen molar-refractivity contribution in [1.82, 2.24) is 10.2 Å². The summed E-state index contributed by atoms with van der Waals surface area (Å²) in [6.07, 6.45) is 3.13. The van der Waals surface area contributed by atoms with E-state index in [0.29, 0.717) is 18.8 Å². The lowest BCUT2D eigenvalue weighted by atomic mass is 9.80. The van der Waals surface area contributed by atoms with Gasteiger partial charge in [-0.15, -0.1) is 0 Å². The van der Waals surface area contributed by atoms with Gasteiger partial charge >= 0.3 is 6.18 Å². The molecule has 0 unspecified atom stereocenters. The Morgan fingerprint density at radius 3 is 2.17 bits per heavy atom. The van der Waals surface area contributed by atoms with Crippen molar-refractivity contribution in [3.63, 3.8) is 0 Å². The van der Waals surface area contributed by atoms with Crippen LogP contribution in [0.25, 0.3) is 0 Å². The first-order valence-corrected chi connectivity index (χ1v) is 9.03. The lowest BCUT2D eigenvalue weighted by Crippen LogP contribution is -2.57. The Morgan fingerprint density at radius 1 is 1.04 bits per heavy atom. The van der Waals surface area contributed by atoms with Gasteiger partial charge in [0.25, 0.3) is 0 Å². The van der Waals surface area contributed by atoms with Crippen LogP contribution >= 0.6 is 0 Å². The van der Waals surface area contributed by atoms with Crippen molar-refractivity contribution in [3.05, 3.63) is 0 Å². The number of carbonyl (C=O) groups is 1. The molecule has 6 heteroatoms. The van der Waals surface area contributed by atoms with Gasteiger partial charge in [0.1, 0.15) is 0 Å². The van der Waals surface area contributed by atoms with E-state index >= 15 is 0 Å². The zero-order valence-electron chi connectivity index (χ0n) is 13.4. The summed E-state index contributed by atoms with van der Waals surface area (Å²) >= 11 is 0. The van der Waals surface area contributed by atoms with Crippen molar-refractivity contribution < 1.29 is 18.0 Å². The average molecular weight is 330 g/mol. The first-order chi connectivity index (χ1) is 10.8. The third-order valence-electron chi connectivity index (χ3n) is 6.51. The van der Waals surface area contributed by atoms with Crippen LogP contribution in [-0.2, 0) is 4.79 Å². The van der Waals surface area contributed by atoms with Gasteiger partial charge in [0.05, 0.1) is 17.1 Å². The molecule has 23 heavy (non-hydrogen) atoms. The second-order valence-electron chi connectivity index (χ2n) is 8.12. The summed E-state index contributed by atoms with van der Waals surface area (Å²) in [5, 5.41) is 3.60. The minimum absolute atomic E-state index is 0.140. The molecule has 4 rings (SSSR count). The number of carbonyl (C=O) groups excluding carboxylic acids is 1. The molecule has 4 aliphatic rings. The molecule has 1 aliphatic heterocycles. The third-order valence-corrected chi connectivity index (χ3v) is 6.51. The van der Waals surface area contributed by atoms with E-state index in [-0.39, 0.29) is 18.7 Å². The number of rotatable bonds is 2. The maximum Gasteiger partial charge on any atom is 0.391 e. The van der Waals surface area contributed by atoms with Gasteiger partial charge in [0.2, 0.25) is 5.91 Å². The van der Waals surface area contributed by atoms with Crippen molar-refractivity contribution in [2.45, 2.75) is 81.6 Å². The number of halogens is 3. The van der Waals surface area contributed by atoms with Gasteiger partial charge in [-0.1, -0.05) is 12.8 Å². The molecule has 1 amide bonds. The van der Waals surface area contributed by atoms with Crippen LogP contribution < -0.4 is 5.32 Å². The summed E-state index contributed by atoms with van der Waals surface area (Å²) in [6, 6.07) is 0. The van der Waals surface area contributed by atoms with Crippen LogP contribution in [0, 0.1) is 11.8 Å². The van der Waals surface area contributed by atoms with Gasteiger partial charge in [-0.2, -0.15) is 13.2 Å². The molecule has 4 fully saturated rings. The van der Waals surface area contributed by atoms with E-state index < -0.39 is 23.3 Å². The second kappa shape index (κ2) is 5.11. The van der Waals surface area contributed by atoms with Gasteiger partial charge in [0.15, 0.2) is 0 Å². The fraction of sp³-hybridized carbons (Fsp3) is 0.941. The van der Waals surface area contributed by atoms with Crippen LogP contribution in [0.3, 0.4) is 0 Å². The predicted molar refractivity (Wildman–Crippen MR) is 79.5 cm³/mol. The van der Waals surface area contributed by atoms with E-state index in [4.69, 9.17) is 0 Å².